The number of rotatable bonds is 11. The maximum absolute atomic E-state index is 13.2. The van der Waals surface area contributed by atoms with Gasteiger partial charge in [-0.05, 0) is 62.6 Å². The molecule has 0 aliphatic carbocycles. The summed E-state index contributed by atoms with van der Waals surface area (Å²) in [5.74, 6) is 1.63. The van der Waals surface area contributed by atoms with Crippen molar-refractivity contribution in [3.05, 3.63) is 58.4 Å². The first kappa shape index (κ1) is 24.7. The zero-order chi connectivity index (χ0) is 23.8. The largest absolute Gasteiger partial charge is 0.494 e. The molecule has 2 heterocycles. The fourth-order valence-electron chi connectivity index (χ4n) is 3.77. The maximum atomic E-state index is 13.2. The average Bonchev–Trinajstić information content (AvgIpc) is 3.54. The van der Waals surface area contributed by atoms with Crippen molar-refractivity contribution in [2.24, 2.45) is 0 Å². The molecule has 2 aromatic carbocycles. The SMILES string of the molecule is CCOc1ccc(OCCCC(=O)N(CC2CCCO2)c2nc(-c3ccc(Br)cc3)cs2)cc1. The monoisotopic (exact) mass is 544 g/mol. The number of anilines is 1. The lowest BCUT2D eigenvalue weighted by atomic mass is 10.2. The van der Waals surface area contributed by atoms with Gasteiger partial charge in [0.2, 0.25) is 5.91 Å². The lowest BCUT2D eigenvalue weighted by Crippen LogP contribution is -2.37. The van der Waals surface area contributed by atoms with Gasteiger partial charge in [-0.25, -0.2) is 4.98 Å². The van der Waals surface area contributed by atoms with Gasteiger partial charge in [0.1, 0.15) is 11.5 Å². The van der Waals surface area contributed by atoms with Gasteiger partial charge in [0.15, 0.2) is 5.13 Å². The normalized spacial score (nSPS) is 15.3. The second-order valence-electron chi connectivity index (χ2n) is 8.02. The molecule has 1 amide bonds. The third-order valence-corrected chi connectivity index (χ3v) is 6.90. The standard InChI is InChI=1S/C26H29BrN2O4S/c1-2-31-21-11-13-22(14-12-21)32-16-4-6-25(30)29(17-23-5-3-15-33-23)26-28-24(18-34-26)19-7-9-20(27)10-8-19/h7-14,18,23H,2-6,15-17H2,1H3. The van der Waals surface area contributed by atoms with Gasteiger partial charge in [-0.15, -0.1) is 11.3 Å². The van der Waals surface area contributed by atoms with Crippen LogP contribution in [0.15, 0.2) is 58.4 Å². The molecule has 1 unspecified atom stereocenters. The van der Waals surface area contributed by atoms with Crippen LogP contribution in [0.2, 0.25) is 0 Å². The van der Waals surface area contributed by atoms with Crippen molar-refractivity contribution in [2.75, 3.05) is 31.3 Å². The minimum absolute atomic E-state index is 0.0440. The highest BCUT2D eigenvalue weighted by molar-refractivity contribution is 9.10. The van der Waals surface area contributed by atoms with Crippen LogP contribution >= 0.6 is 27.3 Å². The molecule has 8 heteroatoms. The Hall–Kier alpha value is -2.42. The van der Waals surface area contributed by atoms with Gasteiger partial charge in [0.05, 0.1) is 31.6 Å². The number of carbonyl (C=O) groups is 1. The van der Waals surface area contributed by atoms with Gasteiger partial charge in [0.25, 0.3) is 0 Å². The van der Waals surface area contributed by atoms with Crippen LogP contribution in [0, 0.1) is 0 Å². The van der Waals surface area contributed by atoms with E-state index in [1.54, 1.807) is 4.90 Å². The van der Waals surface area contributed by atoms with E-state index in [4.69, 9.17) is 19.2 Å². The van der Waals surface area contributed by atoms with Crippen LogP contribution in [0.1, 0.15) is 32.6 Å². The van der Waals surface area contributed by atoms with Crippen molar-refractivity contribution < 1.29 is 19.0 Å². The molecular weight excluding hydrogens is 516 g/mol. The minimum atomic E-state index is 0.0440. The molecular formula is C26H29BrN2O4S. The Kier molecular flexibility index (Phi) is 8.96. The van der Waals surface area contributed by atoms with E-state index in [0.29, 0.717) is 37.7 Å². The topological polar surface area (TPSA) is 60.9 Å². The average molecular weight is 545 g/mol. The molecule has 1 fully saturated rings. The van der Waals surface area contributed by atoms with E-state index in [9.17, 15) is 4.79 Å². The van der Waals surface area contributed by atoms with E-state index < -0.39 is 0 Å². The smallest absolute Gasteiger partial charge is 0.228 e. The molecule has 0 saturated carbocycles. The molecule has 4 rings (SSSR count). The lowest BCUT2D eigenvalue weighted by molar-refractivity contribution is -0.119. The van der Waals surface area contributed by atoms with E-state index in [2.05, 4.69) is 15.9 Å². The molecule has 0 spiro atoms. The molecule has 1 atom stereocenters. The summed E-state index contributed by atoms with van der Waals surface area (Å²) in [6.45, 7) is 4.34. The van der Waals surface area contributed by atoms with Crippen LogP contribution in [0.3, 0.4) is 0 Å². The molecule has 1 saturated heterocycles. The number of thiazole rings is 1. The summed E-state index contributed by atoms with van der Waals surface area (Å²) in [6.07, 6.45) is 3.07. The van der Waals surface area contributed by atoms with E-state index in [-0.39, 0.29) is 12.0 Å². The maximum Gasteiger partial charge on any atom is 0.228 e. The fraction of sp³-hybridized carbons (Fsp3) is 0.385. The molecule has 0 bridgehead atoms. The molecule has 34 heavy (non-hydrogen) atoms. The quantitative estimate of drug-likeness (QED) is 0.263. The van der Waals surface area contributed by atoms with Crippen molar-refractivity contribution >= 4 is 38.3 Å². The number of halogens is 1. The number of benzene rings is 2. The summed E-state index contributed by atoms with van der Waals surface area (Å²) in [5.41, 5.74) is 1.90. The van der Waals surface area contributed by atoms with Gasteiger partial charge in [-0.3, -0.25) is 9.69 Å². The summed E-state index contributed by atoms with van der Waals surface area (Å²) in [6, 6.07) is 15.6. The van der Waals surface area contributed by atoms with Crippen molar-refractivity contribution in [1.29, 1.82) is 0 Å². The zero-order valence-corrected chi connectivity index (χ0v) is 21.6. The number of hydrogen-bond donors (Lipinski definition) is 0. The van der Waals surface area contributed by atoms with Crippen LogP contribution in [0.25, 0.3) is 11.3 Å². The summed E-state index contributed by atoms with van der Waals surface area (Å²) >= 11 is 4.96. The summed E-state index contributed by atoms with van der Waals surface area (Å²) in [5, 5.41) is 2.72. The molecule has 180 valence electrons. The van der Waals surface area contributed by atoms with Gasteiger partial charge in [0, 0.05) is 28.4 Å². The molecule has 3 aromatic rings. The van der Waals surface area contributed by atoms with E-state index in [1.807, 2.05) is 60.8 Å². The van der Waals surface area contributed by atoms with Gasteiger partial charge < -0.3 is 14.2 Å². The predicted octanol–water partition coefficient (Wildman–Crippen LogP) is 6.34. The predicted molar refractivity (Wildman–Crippen MR) is 139 cm³/mol. The zero-order valence-electron chi connectivity index (χ0n) is 19.2. The second kappa shape index (κ2) is 12.3. The first-order valence-corrected chi connectivity index (χ1v) is 13.3. The van der Waals surface area contributed by atoms with E-state index in [0.717, 1.165) is 46.7 Å². The summed E-state index contributed by atoms with van der Waals surface area (Å²) in [4.78, 5) is 19.8. The van der Waals surface area contributed by atoms with Gasteiger partial charge in [-0.1, -0.05) is 28.1 Å². The summed E-state index contributed by atoms with van der Waals surface area (Å²) < 4.78 is 18.1. The summed E-state index contributed by atoms with van der Waals surface area (Å²) in [7, 11) is 0. The van der Waals surface area contributed by atoms with Crippen LogP contribution in [0.4, 0.5) is 5.13 Å². The van der Waals surface area contributed by atoms with Crippen molar-refractivity contribution in [3.63, 3.8) is 0 Å². The van der Waals surface area contributed by atoms with Gasteiger partial charge >= 0.3 is 0 Å². The van der Waals surface area contributed by atoms with E-state index in [1.165, 1.54) is 11.3 Å². The number of ether oxygens (including phenoxy) is 3. The molecule has 0 radical (unpaired) electrons. The van der Waals surface area contributed by atoms with Crippen molar-refractivity contribution in [2.45, 2.75) is 38.7 Å². The third-order valence-electron chi connectivity index (χ3n) is 5.51. The van der Waals surface area contributed by atoms with Crippen LogP contribution in [-0.2, 0) is 9.53 Å². The first-order chi connectivity index (χ1) is 16.6. The van der Waals surface area contributed by atoms with Crippen LogP contribution < -0.4 is 14.4 Å². The Morgan fingerprint density at radius 1 is 1.15 bits per heavy atom. The molecule has 0 N–H and O–H groups in total. The fourth-order valence-corrected chi connectivity index (χ4v) is 4.89. The van der Waals surface area contributed by atoms with E-state index >= 15 is 0 Å². The number of nitrogens with zero attached hydrogens (tertiary/aromatic N) is 2. The Balaban J connectivity index is 1.36. The number of amides is 1. The number of hydrogen-bond acceptors (Lipinski definition) is 6. The second-order valence-corrected chi connectivity index (χ2v) is 9.77. The van der Waals surface area contributed by atoms with Crippen molar-refractivity contribution in [1.82, 2.24) is 4.98 Å². The molecule has 1 aliphatic rings. The highest BCUT2D eigenvalue weighted by atomic mass is 79.9. The van der Waals surface area contributed by atoms with Gasteiger partial charge in [-0.2, -0.15) is 0 Å². The minimum Gasteiger partial charge on any atom is -0.494 e. The van der Waals surface area contributed by atoms with Crippen molar-refractivity contribution in [3.8, 4) is 22.8 Å². The Labute approximate surface area is 213 Å². The van der Waals surface area contributed by atoms with Crippen LogP contribution in [0.5, 0.6) is 11.5 Å². The molecule has 6 nitrogen and oxygen atoms in total. The lowest BCUT2D eigenvalue weighted by Gasteiger charge is -2.23. The molecule has 1 aromatic heterocycles. The molecule has 1 aliphatic heterocycles. The Morgan fingerprint density at radius 2 is 1.88 bits per heavy atom. The third kappa shape index (κ3) is 6.81. The Bertz CT molecular complexity index is 1050. The highest BCUT2D eigenvalue weighted by Crippen LogP contribution is 2.30. The Morgan fingerprint density at radius 3 is 2.56 bits per heavy atom. The van der Waals surface area contributed by atoms with Crippen LogP contribution in [-0.4, -0.2) is 43.4 Å². The number of carbonyl (C=O) groups excluding carboxylic acids is 1. The first-order valence-electron chi connectivity index (χ1n) is 11.6. The number of aromatic nitrogens is 1. The highest BCUT2D eigenvalue weighted by Gasteiger charge is 2.25.